The Kier molecular flexibility index (Phi) is 7.20. The molecule has 0 bridgehead atoms. The van der Waals surface area contributed by atoms with Crippen molar-refractivity contribution in [3.63, 3.8) is 0 Å². The number of piperidine rings is 1. The highest BCUT2D eigenvalue weighted by Crippen LogP contribution is 2.31. The Balaban J connectivity index is 1.24. The molecule has 4 rings (SSSR count). The molecule has 13 heteroatoms. The van der Waals surface area contributed by atoms with Gasteiger partial charge in [-0.15, -0.1) is 0 Å². The summed E-state index contributed by atoms with van der Waals surface area (Å²) in [4.78, 5) is 32.6. The molecule has 1 atom stereocenters. The summed E-state index contributed by atoms with van der Waals surface area (Å²) in [6, 6.07) is 5.67. The van der Waals surface area contributed by atoms with Crippen LogP contribution in [0.2, 0.25) is 0 Å². The van der Waals surface area contributed by atoms with Gasteiger partial charge in [-0.2, -0.15) is 23.5 Å². The highest BCUT2D eigenvalue weighted by Gasteiger charge is 2.39. The fourth-order valence-corrected chi connectivity index (χ4v) is 4.44. The summed E-state index contributed by atoms with van der Waals surface area (Å²) in [5, 5.41) is 16.6. The second-order valence-corrected chi connectivity index (χ2v) is 8.33. The monoisotopic (exact) mass is 491 g/mol. The third-order valence-electron chi connectivity index (χ3n) is 6.17. The average Bonchev–Trinajstić information content (AvgIpc) is 3.21. The van der Waals surface area contributed by atoms with Crippen molar-refractivity contribution < 1.29 is 22.7 Å². The van der Waals surface area contributed by atoms with Crippen LogP contribution in [0.3, 0.4) is 0 Å². The molecule has 2 fully saturated rings. The van der Waals surface area contributed by atoms with Gasteiger partial charge in [-0.25, -0.2) is 10.1 Å². The maximum atomic E-state index is 13.1. The van der Waals surface area contributed by atoms with Gasteiger partial charge in [-0.05, 0) is 25.0 Å². The van der Waals surface area contributed by atoms with Crippen LogP contribution in [0.5, 0.6) is 0 Å². The molecular weight excluding hydrogens is 467 g/mol. The van der Waals surface area contributed by atoms with Gasteiger partial charge < -0.3 is 19.9 Å². The molecule has 2 aliphatic rings. The van der Waals surface area contributed by atoms with Crippen molar-refractivity contribution in [1.29, 1.82) is 5.26 Å². The standard InChI is InChI=1S/C22H24F3N7O3/c23-22(24,25)19-16(13-29-30-20(19)33)27-6-10-35-17-5-9-32(21(17)34)15-3-7-31(8-4-15)18-2-1-14(11-26)12-28-18/h1-2,12-13,15,17H,3-10H2,(H2,27,30,33)/t17-/m0/s1. The Hall–Kier alpha value is -3.66. The van der Waals surface area contributed by atoms with Gasteiger partial charge in [0.15, 0.2) is 0 Å². The Morgan fingerprint density at radius 1 is 1.17 bits per heavy atom. The largest absolute Gasteiger partial charge is 0.423 e. The number of nitrogens with zero attached hydrogens (tertiary/aromatic N) is 5. The summed E-state index contributed by atoms with van der Waals surface area (Å²) in [6.45, 7) is 2.00. The number of alkyl halides is 3. The minimum atomic E-state index is -4.83. The van der Waals surface area contributed by atoms with Crippen molar-refractivity contribution in [1.82, 2.24) is 20.1 Å². The first-order valence-electron chi connectivity index (χ1n) is 11.2. The van der Waals surface area contributed by atoms with Crippen molar-refractivity contribution in [2.45, 2.75) is 37.6 Å². The molecule has 2 aromatic rings. The van der Waals surface area contributed by atoms with E-state index in [-0.39, 0.29) is 25.1 Å². The number of hydrogen-bond donors (Lipinski definition) is 2. The summed E-state index contributed by atoms with van der Waals surface area (Å²) in [5.41, 5.74) is -2.61. The van der Waals surface area contributed by atoms with E-state index in [1.54, 1.807) is 17.4 Å². The van der Waals surface area contributed by atoms with E-state index in [4.69, 9.17) is 10.00 Å². The van der Waals surface area contributed by atoms with Crippen molar-refractivity contribution in [2.24, 2.45) is 0 Å². The summed E-state index contributed by atoms with van der Waals surface area (Å²) >= 11 is 0. The van der Waals surface area contributed by atoms with Crippen molar-refractivity contribution >= 4 is 17.4 Å². The third-order valence-corrected chi connectivity index (χ3v) is 6.17. The molecule has 10 nitrogen and oxygen atoms in total. The molecule has 0 spiro atoms. The molecule has 2 aliphatic heterocycles. The topological polar surface area (TPSA) is 127 Å². The van der Waals surface area contributed by atoms with Crippen molar-refractivity contribution in [3.05, 3.63) is 46.0 Å². The van der Waals surface area contributed by atoms with E-state index in [2.05, 4.69) is 20.3 Å². The highest BCUT2D eigenvalue weighted by molar-refractivity contribution is 5.83. The number of ether oxygens (including phenoxy) is 1. The van der Waals surface area contributed by atoms with E-state index in [0.717, 1.165) is 37.9 Å². The number of nitrogens with one attached hydrogen (secondary N) is 2. The minimum Gasteiger partial charge on any atom is -0.381 e. The van der Waals surface area contributed by atoms with Crippen LogP contribution in [0.4, 0.5) is 24.7 Å². The van der Waals surface area contributed by atoms with Crippen LogP contribution in [0.25, 0.3) is 0 Å². The van der Waals surface area contributed by atoms with Crippen LogP contribution in [-0.2, 0) is 15.7 Å². The van der Waals surface area contributed by atoms with E-state index < -0.39 is 29.1 Å². The molecule has 2 aromatic heterocycles. The summed E-state index contributed by atoms with van der Waals surface area (Å²) in [7, 11) is 0. The predicted molar refractivity (Wildman–Crippen MR) is 119 cm³/mol. The first-order chi connectivity index (χ1) is 16.8. The number of carbonyl (C=O) groups excluding carboxylic acids is 1. The molecule has 2 N–H and O–H groups in total. The number of amides is 1. The number of anilines is 2. The number of aromatic nitrogens is 3. The number of aromatic amines is 1. The van der Waals surface area contributed by atoms with Crippen molar-refractivity contribution in [3.8, 4) is 6.07 Å². The first kappa shape index (κ1) is 24.5. The van der Waals surface area contributed by atoms with Gasteiger partial charge in [0, 0.05) is 44.8 Å². The lowest BCUT2D eigenvalue weighted by Crippen LogP contribution is -2.47. The Morgan fingerprint density at radius 2 is 1.94 bits per heavy atom. The van der Waals surface area contributed by atoms with Crippen molar-refractivity contribution in [2.75, 3.05) is 43.0 Å². The van der Waals surface area contributed by atoms with Crippen LogP contribution in [0.1, 0.15) is 30.4 Å². The van der Waals surface area contributed by atoms with Crippen LogP contribution in [-0.4, -0.2) is 70.9 Å². The number of carbonyl (C=O) groups is 1. The molecule has 0 radical (unpaired) electrons. The zero-order valence-corrected chi connectivity index (χ0v) is 18.7. The summed E-state index contributed by atoms with van der Waals surface area (Å²) in [6.07, 6.45) is -0.974. The molecule has 35 heavy (non-hydrogen) atoms. The lowest BCUT2D eigenvalue weighted by atomic mass is 10.0. The first-order valence-corrected chi connectivity index (χ1v) is 11.2. The van der Waals surface area contributed by atoms with E-state index in [0.29, 0.717) is 18.5 Å². The fraction of sp³-hybridized carbons (Fsp3) is 0.500. The van der Waals surface area contributed by atoms with E-state index in [1.165, 1.54) is 0 Å². The second kappa shape index (κ2) is 10.3. The van der Waals surface area contributed by atoms with Gasteiger partial charge in [-0.3, -0.25) is 9.59 Å². The second-order valence-electron chi connectivity index (χ2n) is 8.33. The van der Waals surface area contributed by atoms with Crippen LogP contribution in [0, 0.1) is 11.3 Å². The molecule has 1 amide bonds. The SMILES string of the molecule is N#Cc1ccc(N2CCC(N3CC[C@H](OCCNc4cn[nH]c(=O)c4C(F)(F)F)C3=O)CC2)nc1. The number of pyridine rings is 1. The van der Waals surface area contributed by atoms with Crippen LogP contribution >= 0.6 is 0 Å². The third kappa shape index (κ3) is 5.54. The molecule has 186 valence electrons. The molecule has 0 unspecified atom stereocenters. The Bertz CT molecular complexity index is 1140. The molecule has 0 saturated carbocycles. The summed E-state index contributed by atoms with van der Waals surface area (Å²) in [5.74, 6) is 0.682. The molecule has 0 aromatic carbocycles. The van der Waals surface area contributed by atoms with Gasteiger partial charge in [0.25, 0.3) is 11.5 Å². The number of likely N-dealkylation sites (tertiary alicyclic amines) is 1. The van der Waals surface area contributed by atoms with Crippen LogP contribution < -0.4 is 15.8 Å². The summed E-state index contributed by atoms with van der Waals surface area (Å²) < 4.78 is 44.9. The lowest BCUT2D eigenvalue weighted by molar-refractivity contribution is -0.139. The molecule has 4 heterocycles. The van der Waals surface area contributed by atoms with Gasteiger partial charge in [0.2, 0.25) is 0 Å². The van der Waals surface area contributed by atoms with Gasteiger partial charge in [0.1, 0.15) is 23.6 Å². The zero-order chi connectivity index (χ0) is 25.0. The van der Waals surface area contributed by atoms with Gasteiger partial charge >= 0.3 is 6.18 Å². The number of hydrogen-bond acceptors (Lipinski definition) is 8. The van der Waals surface area contributed by atoms with Gasteiger partial charge in [-0.1, -0.05) is 0 Å². The van der Waals surface area contributed by atoms with E-state index >= 15 is 0 Å². The maximum Gasteiger partial charge on any atom is 0.423 e. The smallest absolute Gasteiger partial charge is 0.381 e. The average molecular weight is 491 g/mol. The number of nitriles is 1. The fourth-order valence-electron chi connectivity index (χ4n) is 4.44. The number of H-pyrrole nitrogens is 1. The number of halogens is 3. The molecule has 2 saturated heterocycles. The highest BCUT2D eigenvalue weighted by atomic mass is 19.4. The minimum absolute atomic E-state index is 0.00283. The quantitative estimate of drug-likeness (QED) is 0.561. The maximum absolute atomic E-state index is 13.1. The van der Waals surface area contributed by atoms with E-state index in [9.17, 15) is 22.8 Å². The Morgan fingerprint density at radius 3 is 2.60 bits per heavy atom. The normalized spacial score (nSPS) is 19.1. The molecular formula is C22H24F3N7O3. The van der Waals surface area contributed by atoms with E-state index in [1.807, 2.05) is 17.0 Å². The van der Waals surface area contributed by atoms with Gasteiger partial charge in [0.05, 0.1) is 24.1 Å². The van der Waals surface area contributed by atoms with Crippen LogP contribution in [0.15, 0.2) is 29.3 Å². The Labute approximate surface area is 198 Å². The zero-order valence-electron chi connectivity index (χ0n) is 18.7. The lowest BCUT2D eigenvalue weighted by Gasteiger charge is -2.37. The molecule has 0 aliphatic carbocycles. The number of rotatable bonds is 7. The predicted octanol–water partition coefficient (Wildman–Crippen LogP) is 1.75.